The Morgan fingerprint density at radius 1 is 1.08 bits per heavy atom. The Morgan fingerprint density at radius 2 is 1.84 bits per heavy atom. The van der Waals surface area contributed by atoms with Crippen molar-refractivity contribution in [3.63, 3.8) is 0 Å². The third-order valence-corrected chi connectivity index (χ3v) is 5.87. The molecule has 2 aromatic carbocycles. The molecule has 3 N–H and O–H groups in total. The van der Waals surface area contributed by atoms with Gasteiger partial charge in [0, 0.05) is 5.69 Å². The first-order valence-electron chi connectivity index (χ1n) is 11.6. The van der Waals surface area contributed by atoms with Crippen LogP contribution in [0.15, 0.2) is 52.7 Å². The number of esters is 1. The van der Waals surface area contributed by atoms with Gasteiger partial charge in [-0.25, -0.2) is 4.79 Å². The van der Waals surface area contributed by atoms with Crippen molar-refractivity contribution >= 4 is 52.6 Å². The molecule has 2 amide bonds. The van der Waals surface area contributed by atoms with Gasteiger partial charge in [-0.2, -0.15) is 5.10 Å². The molecule has 0 spiro atoms. The zero-order chi connectivity index (χ0) is 27.5. The maximum absolute atomic E-state index is 12.3. The van der Waals surface area contributed by atoms with Gasteiger partial charge in [0.05, 0.1) is 31.4 Å². The first-order valence-corrected chi connectivity index (χ1v) is 12.4. The number of amidine groups is 1. The third kappa shape index (κ3) is 8.34. The van der Waals surface area contributed by atoms with Crippen molar-refractivity contribution in [1.29, 1.82) is 0 Å². The van der Waals surface area contributed by atoms with E-state index in [0.29, 0.717) is 34.9 Å². The highest BCUT2D eigenvalue weighted by atomic mass is 32.2. The first kappa shape index (κ1) is 28.2. The highest BCUT2D eigenvalue weighted by Crippen LogP contribution is 2.28. The number of hydrogen-bond acceptors (Lipinski definition) is 10. The number of benzene rings is 2. The van der Waals surface area contributed by atoms with Gasteiger partial charge >= 0.3 is 11.9 Å². The van der Waals surface area contributed by atoms with Crippen LogP contribution >= 0.6 is 11.8 Å². The van der Waals surface area contributed by atoms with E-state index in [1.54, 1.807) is 56.3 Å². The predicted molar refractivity (Wildman–Crippen MR) is 141 cm³/mol. The summed E-state index contributed by atoms with van der Waals surface area (Å²) < 4.78 is 16.2. The van der Waals surface area contributed by atoms with E-state index in [2.05, 4.69) is 20.8 Å². The summed E-state index contributed by atoms with van der Waals surface area (Å²) in [7, 11) is 0. The van der Waals surface area contributed by atoms with E-state index in [1.165, 1.54) is 6.21 Å². The average Bonchev–Trinajstić information content (AvgIpc) is 3.22. The van der Waals surface area contributed by atoms with Gasteiger partial charge in [0.25, 0.3) is 5.91 Å². The average molecular weight is 543 g/mol. The van der Waals surface area contributed by atoms with E-state index in [-0.39, 0.29) is 24.8 Å². The maximum Gasteiger partial charge on any atom is 0.338 e. The van der Waals surface area contributed by atoms with Crippen LogP contribution < -0.4 is 20.1 Å². The lowest BCUT2D eigenvalue weighted by Crippen LogP contribution is -2.26. The van der Waals surface area contributed by atoms with Gasteiger partial charge in [0.1, 0.15) is 5.25 Å². The molecule has 1 fully saturated rings. The third-order valence-electron chi connectivity index (χ3n) is 4.80. The smallest absolute Gasteiger partial charge is 0.338 e. The van der Waals surface area contributed by atoms with Crippen molar-refractivity contribution < 1.29 is 38.5 Å². The minimum atomic E-state index is -1.07. The molecule has 1 saturated heterocycles. The van der Waals surface area contributed by atoms with Gasteiger partial charge in [0.2, 0.25) is 5.91 Å². The number of carbonyl (C=O) groups excluding carboxylic acids is 3. The van der Waals surface area contributed by atoms with E-state index < -0.39 is 29.0 Å². The normalized spacial score (nSPS) is 15.8. The van der Waals surface area contributed by atoms with Crippen molar-refractivity contribution in [2.45, 2.75) is 25.5 Å². The SMILES string of the molecule is CCOC(=O)c1ccc(NC(=O)COc2ccc(C=NN=C3NC(=O)C(CC(=O)O)S3)cc2OCC)cc1. The van der Waals surface area contributed by atoms with Gasteiger partial charge in [-0.05, 0) is 61.9 Å². The number of aliphatic carboxylic acids is 1. The maximum atomic E-state index is 12.3. The molecule has 0 saturated carbocycles. The number of thioether (sulfide) groups is 1. The van der Waals surface area contributed by atoms with Crippen LogP contribution in [0.5, 0.6) is 11.5 Å². The molecule has 2 aromatic rings. The summed E-state index contributed by atoms with van der Waals surface area (Å²) in [6.45, 7) is 3.87. The number of carboxylic acids is 1. The van der Waals surface area contributed by atoms with E-state index in [9.17, 15) is 19.2 Å². The number of carbonyl (C=O) groups is 4. The summed E-state index contributed by atoms with van der Waals surface area (Å²) in [6.07, 6.45) is 1.13. The highest BCUT2D eigenvalue weighted by molar-refractivity contribution is 8.15. The van der Waals surface area contributed by atoms with Crippen LogP contribution in [0, 0.1) is 0 Å². The molecule has 3 rings (SSSR count). The standard InChI is InChI=1S/C25H26N4O8S/c1-3-35-19-11-15(13-26-29-25-28-23(33)20(38-25)12-22(31)32)5-10-18(19)37-14-21(30)27-17-8-6-16(7-9-17)24(34)36-4-2/h5-11,13,20H,3-4,12,14H2,1-2H3,(H,27,30)(H,31,32)(H,28,29,33). The van der Waals surface area contributed by atoms with Crippen LogP contribution in [0.2, 0.25) is 0 Å². The van der Waals surface area contributed by atoms with Gasteiger partial charge in [-0.1, -0.05) is 11.8 Å². The van der Waals surface area contributed by atoms with Crippen molar-refractivity contribution in [2.24, 2.45) is 10.2 Å². The summed E-state index contributed by atoms with van der Waals surface area (Å²) in [5, 5.41) is 21.4. The molecule has 0 radical (unpaired) electrons. The molecule has 1 heterocycles. The highest BCUT2D eigenvalue weighted by Gasteiger charge is 2.32. The van der Waals surface area contributed by atoms with E-state index >= 15 is 0 Å². The zero-order valence-corrected chi connectivity index (χ0v) is 21.4. The molecule has 38 heavy (non-hydrogen) atoms. The molecule has 0 aliphatic carbocycles. The lowest BCUT2D eigenvalue weighted by Gasteiger charge is -2.12. The molecule has 1 atom stereocenters. The number of hydrogen-bond donors (Lipinski definition) is 3. The number of ether oxygens (including phenoxy) is 3. The van der Waals surface area contributed by atoms with E-state index in [1.807, 2.05) is 0 Å². The fourth-order valence-corrected chi connectivity index (χ4v) is 4.05. The molecule has 1 unspecified atom stereocenters. The van der Waals surface area contributed by atoms with Gasteiger partial charge in [-0.15, -0.1) is 5.10 Å². The van der Waals surface area contributed by atoms with Crippen molar-refractivity contribution in [2.75, 3.05) is 25.1 Å². The minimum absolute atomic E-state index is 0.212. The second-order valence-corrected chi connectivity index (χ2v) is 8.81. The largest absolute Gasteiger partial charge is 0.490 e. The molecule has 12 nitrogen and oxygen atoms in total. The fourth-order valence-electron chi connectivity index (χ4n) is 3.13. The van der Waals surface area contributed by atoms with Crippen molar-refractivity contribution in [3.05, 3.63) is 53.6 Å². The second-order valence-electron chi connectivity index (χ2n) is 7.62. The molecule has 1 aliphatic rings. The summed E-state index contributed by atoms with van der Waals surface area (Å²) in [5.74, 6) is -1.61. The monoisotopic (exact) mass is 542 g/mol. The molecule has 0 bridgehead atoms. The lowest BCUT2D eigenvalue weighted by atomic mass is 10.2. The minimum Gasteiger partial charge on any atom is -0.490 e. The van der Waals surface area contributed by atoms with Gasteiger partial charge in [0.15, 0.2) is 23.3 Å². The summed E-state index contributed by atoms with van der Waals surface area (Å²) in [4.78, 5) is 46.7. The second kappa shape index (κ2) is 13.8. The summed E-state index contributed by atoms with van der Waals surface area (Å²) in [5.41, 5.74) is 1.50. The van der Waals surface area contributed by atoms with Crippen LogP contribution in [0.3, 0.4) is 0 Å². The number of anilines is 1. The van der Waals surface area contributed by atoms with Crippen LogP contribution in [0.1, 0.15) is 36.2 Å². The van der Waals surface area contributed by atoms with Gasteiger partial charge in [-0.3, -0.25) is 14.4 Å². The predicted octanol–water partition coefficient (Wildman–Crippen LogP) is 2.68. The van der Waals surface area contributed by atoms with Crippen LogP contribution in [0.4, 0.5) is 5.69 Å². The Hall–Kier alpha value is -4.39. The Morgan fingerprint density at radius 3 is 2.53 bits per heavy atom. The lowest BCUT2D eigenvalue weighted by molar-refractivity contribution is -0.138. The summed E-state index contributed by atoms with van der Waals surface area (Å²) >= 11 is 1.00. The Labute approximate surface area is 222 Å². The molecular formula is C25H26N4O8S. The fraction of sp³-hybridized carbons (Fsp3) is 0.280. The zero-order valence-electron chi connectivity index (χ0n) is 20.6. The molecule has 13 heteroatoms. The number of amides is 2. The van der Waals surface area contributed by atoms with Crippen LogP contribution in [0.25, 0.3) is 0 Å². The Kier molecular flexibility index (Phi) is 10.2. The van der Waals surface area contributed by atoms with Crippen molar-refractivity contribution in [1.82, 2.24) is 5.32 Å². The van der Waals surface area contributed by atoms with Crippen LogP contribution in [-0.2, 0) is 19.1 Å². The molecule has 200 valence electrons. The molecular weight excluding hydrogens is 516 g/mol. The number of carboxylic acid groups (broad SMARTS) is 1. The molecule has 1 aliphatic heterocycles. The topological polar surface area (TPSA) is 165 Å². The van der Waals surface area contributed by atoms with E-state index in [0.717, 1.165) is 11.8 Å². The first-order chi connectivity index (χ1) is 18.3. The Bertz CT molecular complexity index is 1250. The Balaban J connectivity index is 1.57. The summed E-state index contributed by atoms with van der Waals surface area (Å²) in [6, 6.07) is 11.3. The van der Waals surface area contributed by atoms with Crippen LogP contribution in [-0.4, -0.2) is 65.3 Å². The number of nitrogens with one attached hydrogen (secondary N) is 2. The van der Waals surface area contributed by atoms with E-state index in [4.69, 9.17) is 19.3 Å². The quantitative estimate of drug-likeness (QED) is 0.208. The number of rotatable bonds is 12. The van der Waals surface area contributed by atoms with Gasteiger partial charge < -0.3 is 30.0 Å². The van der Waals surface area contributed by atoms with Crippen molar-refractivity contribution in [3.8, 4) is 11.5 Å². The number of nitrogens with zero attached hydrogens (tertiary/aromatic N) is 2. The molecule has 0 aromatic heterocycles.